The minimum Gasteiger partial charge on any atom is -0.224 e. The highest BCUT2D eigenvalue weighted by atomic mass is 32.2. The smallest absolute Gasteiger partial charge is 0.178 e. The molecule has 0 aliphatic heterocycles. The first-order valence-corrected chi connectivity index (χ1v) is 14.4. The van der Waals surface area contributed by atoms with Crippen molar-refractivity contribution in [3.63, 3.8) is 0 Å². The van der Waals surface area contributed by atoms with E-state index in [2.05, 4.69) is 20.4 Å². The van der Waals surface area contributed by atoms with Crippen LogP contribution in [0.15, 0.2) is 29.2 Å². The summed E-state index contributed by atoms with van der Waals surface area (Å²) in [6.45, 7) is 9.05. The molecule has 1 aromatic carbocycles. The van der Waals surface area contributed by atoms with Gasteiger partial charge < -0.3 is 0 Å². The van der Waals surface area contributed by atoms with Crippen LogP contribution >= 0.6 is 0 Å². The third-order valence-corrected chi connectivity index (χ3v) is 11.6. The molecular formula is C20H36O2SSi. The first-order chi connectivity index (χ1) is 11.3. The fraction of sp³-hybridized carbons (Fsp3) is 0.700. The molecule has 0 aliphatic carbocycles. The van der Waals surface area contributed by atoms with Crippen molar-refractivity contribution in [1.29, 1.82) is 0 Å². The van der Waals surface area contributed by atoms with E-state index < -0.39 is 17.9 Å². The zero-order valence-electron chi connectivity index (χ0n) is 16.1. The minimum atomic E-state index is -3.11. The second-order valence-corrected chi connectivity index (χ2v) is 14.8. The number of hydrogen-bond donors (Lipinski definition) is 0. The molecule has 0 N–H and O–H groups in total. The SMILES string of the molecule is CCCC[Si](C)(CCCC)CCCCS(=O)(=O)c1ccc(C)cc1. The molecule has 0 heterocycles. The van der Waals surface area contributed by atoms with Gasteiger partial charge >= 0.3 is 0 Å². The fourth-order valence-electron chi connectivity index (χ4n) is 3.29. The summed E-state index contributed by atoms with van der Waals surface area (Å²) in [6, 6.07) is 11.4. The van der Waals surface area contributed by atoms with Gasteiger partial charge in [0.05, 0.1) is 18.7 Å². The number of hydrogen-bond acceptors (Lipinski definition) is 2. The Morgan fingerprint density at radius 1 is 0.833 bits per heavy atom. The normalized spacial score (nSPS) is 12.5. The molecule has 0 radical (unpaired) electrons. The molecule has 24 heavy (non-hydrogen) atoms. The average molecular weight is 369 g/mol. The van der Waals surface area contributed by atoms with E-state index in [0.717, 1.165) is 18.4 Å². The summed E-state index contributed by atoms with van der Waals surface area (Å²) in [5, 5.41) is 0. The van der Waals surface area contributed by atoms with Crippen LogP contribution < -0.4 is 0 Å². The molecule has 138 valence electrons. The number of rotatable bonds is 12. The van der Waals surface area contributed by atoms with Gasteiger partial charge in [0.25, 0.3) is 0 Å². The molecule has 0 aliphatic rings. The first-order valence-electron chi connectivity index (χ1n) is 9.62. The maximum atomic E-state index is 12.4. The van der Waals surface area contributed by atoms with Crippen molar-refractivity contribution in [3.8, 4) is 0 Å². The predicted octanol–water partition coefficient (Wildman–Crippen LogP) is 6.23. The molecule has 0 aromatic heterocycles. The molecule has 4 heteroatoms. The number of benzene rings is 1. The van der Waals surface area contributed by atoms with E-state index in [4.69, 9.17) is 0 Å². The Labute approximate surface area is 151 Å². The molecule has 0 spiro atoms. The molecule has 0 amide bonds. The van der Waals surface area contributed by atoms with Crippen molar-refractivity contribution >= 4 is 17.9 Å². The highest BCUT2D eigenvalue weighted by molar-refractivity contribution is 7.91. The second kappa shape index (κ2) is 10.4. The van der Waals surface area contributed by atoms with Gasteiger partial charge in [0.15, 0.2) is 9.84 Å². The van der Waals surface area contributed by atoms with E-state index in [1.54, 1.807) is 12.1 Å². The Kier molecular flexibility index (Phi) is 9.28. The Hall–Kier alpha value is -0.613. The summed E-state index contributed by atoms with van der Waals surface area (Å²) in [4.78, 5) is 0.477. The molecule has 0 saturated heterocycles. The average Bonchev–Trinajstić information content (AvgIpc) is 2.56. The van der Waals surface area contributed by atoms with Gasteiger partial charge in [-0.05, 0) is 25.5 Å². The molecular weight excluding hydrogens is 332 g/mol. The number of unbranched alkanes of at least 4 members (excludes halogenated alkanes) is 3. The standard InChI is InChI=1S/C20H36O2SSi/c1-5-7-16-24(4,17-8-6-2)18-10-9-15-23(21,22)20-13-11-19(3)12-14-20/h11-14H,5-10,15-18H2,1-4H3. The van der Waals surface area contributed by atoms with E-state index >= 15 is 0 Å². The van der Waals surface area contributed by atoms with Crippen LogP contribution in [0.25, 0.3) is 0 Å². The Balaban J connectivity index is 2.50. The lowest BCUT2D eigenvalue weighted by Gasteiger charge is -2.27. The van der Waals surface area contributed by atoms with Gasteiger partial charge in [0.1, 0.15) is 0 Å². The zero-order valence-corrected chi connectivity index (χ0v) is 17.9. The minimum absolute atomic E-state index is 0.294. The van der Waals surface area contributed by atoms with Crippen LogP contribution in [0.5, 0.6) is 0 Å². The zero-order chi connectivity index (χ0) is 18.1. The van der Waals surface area contributed by atoms with Crippen LogP contribution in [-0.4, -0.2) is 22.2 Å². The largest absolute Gasteiger partial charge is 0.224 e. The molecule has 0 atom stereocenters. The van der Waals surface area contributed by atoms with Crippen molar-refractivity contribution in [3.05, 3.63) is 29.8 Å². The van der Waals surface area contributed by atoms with E-state index in [1.807, 2.05) is 19.1 Å². The van der Waals surface area contributed by atoms with Crippen LogP contribution in [0.4, 0.5) is 0 Å². The quantitative estimate of drug-likeness (QED) is 0.324. The maximum absolute atomic E-state index is 12.4. The molecule has 2 nitrogen and oxygen atoms in total. The van der Waals surface area contributed by atoms with E-state index in [0.29, 0.717) is 10.6 Å². The van der Waals surface area contributed by atoms with Crippen LogP contribution in [0, 0.1) is 6.92 Å². The van der Waals surface area contributed by atoms with Crippen LogP contribution in [-0.2, 0) is 9.84 Å². The Morgan fingerprint density at radius 2 is 1.33 bits per heavy atom. The molecule has 0 fully saturated rings. The molecule has 1 rings (SSSR count). The van der Waals surface area contributed by atoms with E-state index in [1.165, 1.54) is 43.8 Å². The van der Waals surface area contributed by atoms with Gasteiger partial charge in [-0.2, -0.15) is 0 Å². The lowest BCUT2D eigenvalue weighted by molar-refractivity contribution is 0.592. The van der Waals surface area contributed by atoms with Gasteiger partial charge in [-0.15, -0.1) is 0 Å². The summed E-state index contributed by atoms with van der Waals surface area (Å²) in [6.07, 6.45) is 7.10. The molecule has 0 unspecified atom stereocenters. The summed E-state index contributed by atoms with van der Waals surface area (Å²) >= 11 is 0. The van der Waals surface area contributed by atoms with Crippen molar-refractivity contribution in [1.82, 2.24) is 0 Å². The van der Waals surface area contributed by atoms with Gasteiger partial charge in [0.2, 0.25) is 0 Å². The van der Waals surface area contributed by atoms with Crippen LogP contribution in [0.2, 0.25) is 24.7 Å². The lowest BCUT2D eigenvalue weighted by atomic mass is 10.2. The Morgan fingerprint density at radius 3 is 1.83 bits per heavy atom. The van der Waals surface area contributed by atoms with Gasteiger partial charge in [-0.1, -0.05) is 88.3 Å². The van der Waals surface area contributed by atoms with Crippen molar-refractivity contribution in [2.24, 2.45) is 0 Å². The highest BCUT2D eigenvalue weighted by Crippen LogP contribution is 2.28. The predicted molar refractivity (Wildman–Crippen MR) is 108 cm³/mol. The maximum Gasteiger partial charge on any atom is 0.178 e. The number of sulfone groups is 1. The van der Waals surface area contributed by atoms with Crippen molar-refractivity contribution in [2.75, 3.05) is 5.75 Å². The van der Waals surface area contributed by atoms with Gasteiger partial charge in [-0.3, -0.25) is 0 Å². The monoisotopic (exact) mass is 368 g/mol. The highest BCUT2D eigenvalue weighted by Gasteiger charge is 2.25. The topological polar surface area (TPSA) is 34.1 Å². The van der Waals surface area contributed by atoms with Gasteiger partial charge in [0, 0.05) is 0 Å². The van der Waals surface area contributed by atoms with Gasteiger partial charge in [-0.25, -0.2) is 8.42 Å². The third-order valence-electron chi connectivity index (χ3n) is 5.09. The second-order valence-electron chi connectivity index (χ2n) is 7.61. The summed E-state index contributed by atoms with van der Waals surface area (Å²) < 4.78 is 24.8. The van der Waals surface area contributed by atoms with Crippen molar-refractivity contribution in [2.45, 2.75) is 88.9 Å². The fourth-order valence-corrected chi connectivity index (χ4v) is 8.93. The van der Waals surface area contributed by atoms with E-state index in [9.17, 15) is 8.42 Å². The summed E-state index contributed by atoms with van der Waals surface area (Å²) in [7, 11) is -4.28. The van der Waals surface area contributed by atoms with E-state index in [-0.39, 0.29) is 0 Å². The molecule has 0 saturated carbocycles. The van der Waals surface area contributed by atoms with Crippen LogP contribution in [0.1, 0.15) is 57.9 Å². The molecule has 0 bridgehead atoms. The molecule has 1 aromatic rings. The van der Waals surface area contributed by atoms with Crippen LogP contribution in [0.3, 0.4) is 0 Å². The number of aryl methyl sites for hydroxylation is 1. The summed E-state index contributed by atoms with van der Waals surface area (Å²) in [5.41, 5.74) is 1.10. The third kappa shape index (κ3) is 7.52. The summed E-state index contributed by atoms with van der Waals surface area (Å²) in [5.74, 6) is 0.294. The Bertz CT molecular complexity index is 556. The lowest BCUT2D eigenvalue weighted by Crippen LogP contribution is -2.29. The first kappa shape index (κ1) is 21.4. The van der Waals surface area contributed by atoms with Crippen molar-refractivity contribution < 1.29 is 8.42 Å².